The van der Waals surface area contributed by atoms with Gasteiger partial charge in [0.25, 0.3) is 0 Å². The van der Waals surface area contributed by atoms with Gasteiger partial charge in [-0.1, -0.05) is 12.5 Å². The summed E-state index contributed by atoms with van der Waals surface area (Å²) in [4.78, 5) is 12.8. The number of hydrogen-bond acceptors (Lipinski definition) is 4. The lowest BCUT2D eigenvalue weighted by Crippen LogP contribution is -2.81. The first-order chi connectivity index (χ1) is 12.9. The van der Waals surface area contributed by atoms with Crippen LogP contribution in [-0.2, 0) is 16.6 Å². The van der Waals surface area contributed by atoms with Crippen molar-refractivity contribution in [2.24, 2.45) is 5.92 Å². The molecule has 3 fully saturated rings. The van der Waals surface area contributed by atoms with E-state index in [9.17, 15) is 15.0 Å². The van der Waals surface area contributed by atoms with Crippen LogP contribution in [0.1, 0.15) is 49.7 Å². The van der Waals surface area contributed by atoms with Crippen LogP contribution in [0, 0.1) is 5.92 Å². The normalized spacial score (nSPS) is 44.4. The summed E-state index contributed by atoms with van der Waals surface area (Å²) in [6.45, 7) is 2.09. The van der Waals surface area contributed by atoms with Gasteiger partial charge in [0.15, 0.2) is 23.4 Å². The first kappa shape index (κ1) is 16.4. The van der Waals surface area contributed by atoms with E-state index in [1.165, 1.54) is 19.3 Å². The number of phenols is 1. The van der Waals surface area contributed by atoms with Gasteiger partial charge in [-0.2, -0.15) is 0 Å². The largest absolute Gasteiger partial charge is 0.504 e. The molecule has 2 N–H and O–H groups in total. The Kier molecular flexibility index (Phi) is 2.95. The van der Waals surface area contributed by atoms with Gasteiger partial charge in [0.2, 0.25) is 0 Å². The highest BCUT2D eigenvalue weighted by Gasteiger charge is 2.76. The molecule has 2 saturated carbocycles. The molecule has 1 aromatic carbocycles. The van der Waals surface area contributed by atoms with E-state index in [1.54, 1.807) is 6.07 Å². The van der Waals surface area contributed by atoms with E-state index in [-0.39, 0.29) is 17.6 Å². The van der Waals surface area contributed by atoms with Crippen LogP contribution in [0.25, 0.3) is 0 Å². The molecule has 2 heterocycles. The van der Waals surface area contributed by atoms with Crippen molar-refractivity contribution in [3.63, 3.8) is 0 Å². The fraction of sp³-hybridized carbons (Fsp3) is 0.682. The SMILES string of the molecule is C[N+]1(CC2CCC2)CC[C@@]23c4c5ccc(O)c4O[C@H]2C(=O)CC[C@@]3(O)[C@H]1C5. The molecule has 5 heteroatoms. The maximum absolute atomic E-state index is 12.8. The third-order valence-corrected chi connectivity index (χ3v) is 8.80. The molecule has 0 radical (unpaired) electrons. The Morgan fingerprint density at radius 3 is 2.85 bits per heavy atom. The Morgan fingerprint density at radius 2 is 2.11 bits per heavy atom. The molecule has 27 heavy (non-hydrogen) atoms. The van der Waals surface area contributed by atoms with Gasteiger partial charge in [0, 0.05) is 30.7 Å². The zero-order valence-corrected chi connectivity index (χ0v) is 15.9. The molecule has 6 rings (SSSR count). The molecule has 1 unspecified atom stereocenters. The zero-order chi connectivity index (χ0) is 18.6. The molecule has 5 aliphatic rings. The van der Waals surface area contributed by atoms with Crippen molar-refractivity contribution in [2.75, 3.05) is 20.1 Å². The predicted octanol–water partition coefficient (Wildman–Crippen LogP) is 2.06. The number of aromatic hydroxyl groups is 1. The van der Waals surface area contributed by atoms with Crippen molar-refractivity contribution in [1.82, 2.24) is 0 Å². The summed E-state index contributed by atoms with van der Waals surface area (Å²) >= 11 is 0. The van der Waals surface area contributed by atoms with E-state index in [2.05, 4.69) is 7.05 Å². The Balaban J connectivity index is 1.56. The van der Waals surface area contributed by atoms with Gasteiger partial charge in [0.1, 0.15) is 11.6 Å². The van der Waals surface area contributed by atoms with Gasteiger partial charge in [-0.25, -0.2) is 0 Å². The summed E-state index contributed by atoms with van der Waals surface area (Å²) in [5.74, 6) is 1.41. The first-order valence-electron chi connectivity index (χ1n) is 10.5. The fourth-order valence-corrected chi connectivity index (χ4v) is 7.31. The summed E-state index contributed by atoms with van der Waals surface area (Å²) in [7, 11) is 2.32. The lowest BCUT2D eigenvalue weighted by atomic mass is 9.48. The Morgan fingerprint density at radius 1 is 1.30 bits per heavy atom. The second-order valence-corrected chi connectivity index (χ2v) is 9.96. The topological polar surface area (TPSA) is 66.8 Å². The summed E-state index contributed by atoms with van der Waals surface area (Å²) in [6.07, 6.45) is 5.75. The predicted molar refractivity (Wildman–Crippen MR) is 98.8 cm³/mol. The smallest absolute Gasteiger partial charge is 0.174 e. The quantitative estimate of drug-likeness (QED) is 0.782. The van der Waals surface area contributed by atoms with Crippen LogP contribution in [0.15, 0.2) is 12.1 Å². The van der Waals surface area contributed by atoms with Crippen molar-refractivity contribution in [3.8, 4) is 11.5 Å². The standard InChI is InChI=1S/C22H27NO4/c1-23(12-13-3-2-4-13)10-9-21-18-14-5-6-15(24)19(18)27-20(21)16(25)7-8-22(21,26)17(23)11-14/h5-6,13,17,20,26H,2-4,7-12H2,1H3/p+1/t17-,20+,21-,22-,23?/m1/s1. The molecule has 1 saturated heterocycles. The lowest BCUT2D eigenvalue weighted by molar-refractivity contribution is -0.952. The summed E-state index contributed by atoms with van der Waals surface area (Å²) < 4.78 is 7.00. The van der Waals surface area contributed by atoms with Crippen LogP contribution in [-0.4, -0.2) is 58.4 Å². The number of hydrogen-bond donors (Lipinski definition) is 2. The zero-order valence-electron chi connectivity index (χ0n) is 15.9. The van der Waals surface area contributed by atoms with Crippen LogP contribution in [0.2, 0.25) is 0 Å². The maximum Gasteiger partial charge on any atom is 0.174 e. The number of aliphatic hydroxyl groups is 1. The number of likely N-dealkylation sites (N-methyl/N-ethyl adjacent to an activating group) is 1. The second kappa shape index (κ2) is 4.87. The van der Waals surface area contributed by atoms with Crippen molar-refractivity contribution in [1.29, 1.82) is 0 Å². The van der Waals surface area contributed by atoms with E-state index in [0.29, 0.717) is 18.6 Å². The molecule has 3 aliphatic carbocycles. The molecule has 144 valence electrons. The van der Waals surface area contributed by atoms with E-state index < -0.39 is 17.1 Å². The van der Waals surface area contributed by atoms with Gasteiger partial charge in [-0.15, -0.1) is 0 Å². The molecular formula is C22H28NO4+. The number of phenolic OH excluding ortho intramolecular Hbond substituents is 1. The molecule has 1 spiro atoms. The minimum Gasteiger partial charge on any atom is -0.504 e. The Labute approximate surface area is 159 Å². The number of rotatable bonds is 2. The highest BCUT2D eigenvalue weighted by Crippen LogP contribution is 2.65. The highest BCUT2D eigenvalue weighted by atomic mass is 16.5. The number of carbonyl (C=O) groups is 1. The molecule has 5 nitrogen and oxygen atoms in total. The van der Waals surface area contributed by atoms with Gasteiger partial charge >= 0.3 is 0 Å². The van der Waals surface area contributed by atoms with Crippen LogP contribution < -0.4 is 4.74 Å². The number of carbonyl (C=O) groups excluding carboxylic acids is 1. The Hall–Kier alpha value is -1.59. The van der Waals surface area contributed by atoms with Gasteiger partial charge < -0.3 is 19.4 Å². The number of piperidine rings is 1. The fourth-order valence-electron chi connectivity index (χ4n) is 7.31. The number of likely N-dealkylation sites (tertiary alicyclic amines) is 1. The molecule has 5 atom stereocenters. The van der Waals surface area contributed by atoms with Crippen molar-refractivity contribution in [2.45, 2.75) is 68.1 Å². The average molecular weight is 370 g/mol. The molecule has 2 aliphatic heterocycles. The minimum atomic E-state index is -0.936. The average Bonchev–Trinajstić information content (AvgIpc) is 2.97. The van der Waals surface area contributed by atoms with Gasteiger partial charge in [0.05, 0.1) is 25.6 Å². The van der Waals surface area contributed by atoms with Crippen LogP contribution in [0.5, 0.6) is 11.5 Å². The van der Waals surface area contributed by atoms with E-state index in [0.717, 1.165) is 47.5 Å². The number of benzene rings is 1. The van der Waals surface area contributed by atoms with Crippen molar-refractivity contribution in [3.05, 3.63) is 23.3 Å². The third kappa shape index (κ3) is 1.72. The monoisotopic (exact) mass is 370 g/mol. The number of ketones is 1. The van der Waals surface area contributed by atoms with E-state index in [4.69, 9.17) is 4.74 Å². The molecule has 0 amide bonds. The highest BCUT2D eigenvalue weighted by molar-refractivity contribution is 5.90. The van der Waals surface area contributed by atoms with Crippen molar-refractivity contribution < 1.29 is 24.2 Å². The lowest BCUT2D eigenvalue weighted by Gasteiger charge is -2.64. The van der Waals surface area contributed by atoms with E-state index in [1.807, 2.05) is 6.07 Å². The van der Waals surface area contributed by atoms with Crippen LogP contribution >= 0.6 is 0 Å². The molecule has 0 aromatic heterocycles. The van der Waals surface area contributed by atoms with Crippen molar-refractivity contribution >= 4 is 5.78 Å². The van der Waals surface area contributed by atoms with Crippen LogP contribution in [0.3, 0.4) is 0 Å². The van der Waals surface area contributed by atoms with Gasteiger partial charge in [-0.05, 0) is 30.9 Å². The van der Waals surface area contributed by atoms with Gasteiger partial charge in [-0.3, -0.25) is 4.79 Å². The molecular weight excluding hydrogens is 342 g/mol. The van der Waals surface area contributed by atoms with E-state index >= 15 is 0 Å². The third-order valence-electron chi connectivity index (χ3n) is 8.80. The van der Waals surface area contributed by atoms with Crippen LogP contribution in [0.4, 0.5) is 0 Å². The minimum absolute atomic E-state index is 0.0805. The number of ether oxygens (including phenoxy) is 1. The maximum atomic E-state index is 12.8. The number of nitrogens with zero attached hydrogens (tertiary/aromatic N) is 1. The summed E-state index contributed by atoms with van der Waals surface area (Å²) in [5.41, 5.74) is 0.488. The summed E-state index contributed by atoms with van der Waals surface area (Å²) in [6, 6.07) is 3.78. The number of Topliss-reactive ketones (excluding diaryl/α,β-unsaturated/α-hetero) is 1. The summed E-state index contributed by atoms with van der Waals surface area (Å²) in [5, 5.41) is 22.6. The molecule has 1 aromatic rings. The second-order valence-electron chi connectivity index (χ2n) is 9.96. The first-order valence-corrected chi connectivity index (χ1v) is 10.5. The Bertz CT molecular complexity index is 864. The number of quaternary nitrogens is 1. The molecule has 2 bridgehead atoms.